The first-order valence-corrected chi connectivity index (χ1v) is 7.32. The summed E-state index contributed by atoms with van der Waals surface area (Å²) in [5, 5.41) is 9.48. The van der Waals surface area contributed by atoms with Crippen molar-refractivity contribution in [2.75, 3.05) is 18.0 Å². The van der Waals surface area contributed by atoms with Gasteiger partial charge in [0.1, 0.15) is 5.82 Å². The topological polar surface area (TPSA) is 23.5 Å². The molecule has 2 nitrogen and oxygen atoms in total. The van der Waals surface area contributed by atoms with E-state index in [1.807, 2.05) is 6.07 Å². The third-order valence-electron chi connectivity index (χ3n) is 3.36. The summed E-state index contributed by atoms with van der Waals surface area (Å²) < 4.78 is 14.2. The molecule has 1 aromatic rings. The zero-order chi connectivity index (χ0) is 14.3. The Balaban J connectivity index is 2.87. The molecule has 108 valence electrons. The van der Waals surface area contributed by atoms with Gasteiger partial charge in [0, 0.05) is 13.1 Å². The van der Waals surface area contributed by atoms with Crippen molar-refractivity contribution >= 4 is 5.69 Å². The number of hydrogen-bond acceptors (Lipinski definition) is 2. The van der Waals surface area contributed by atoms with Gasteiger partial charge in [0.2, 0.25) is 0 Å². The molecule has 0 spiro atoms. The van der Waals surface area contributed by atoms with Gasteiger partial charge in [-0.2, -0.15) is 0 Å². The highest BCUT2D eigenvalue weighted by atomic mass is 19.1. The fourth-order valence-corrected chi connectivity index (χ4v) is 2.09. The minimum atomic E-state index is -0.622. The van der Waals surface area contributed by atoms with Crippen molar-refractivity contribution < 1.29 is 9.50 Å². The quantitative estimate of drug-likeness (QED) is 0.759. The molecule has 0 fully saturated rings. The molecular weight excluding hydrogens is 241 g/mol. The number of aliphatic hydroxyl groups is 1. The Hall–Kier alpha value is -1.09. The van der Waals surface area contributed by atoms with Crippen LogP contribution in [0.5, 0.6) is 0 Å². The van der Waals surface area contributed by atoms with Gasteiger partial charge in [-0.05, 0) is 37.5 Å². The summed E-state index contributed by atoms with van der Waals surface area (Å²) in [6, 6.07) is 5.06. The van der Waals surface area contributed by atoms with Crippen LogP contribution in [0.4, 0.5) is 10.1 Å². The Kier molecular flexibility index (Phi) is 6.85. The van der Waals surface area contributed by atoms with E-state index in [9.17, 15) is 9.50 Å². The summed E-state index contributed by atoms with van der Waals surface area (Å²) in [5.41, 5.74) is 1.29. The van der Waals surface area contributed by atoms with E-state index >= 15 is 0 Å². The van der Waals surface area contributed by atoms with E-state index in [0.29, 0.717) is 11.3 Å². The van der Waals surface area contributed by atoms with Gasteiger partial charge in [0.15, 0.2) is 0 Å². The van der Waals surface area contributed by atoms with Crippen molar-refractivity contribution in [1.29, 1.82) is 0 Å². The van der Waals surface area contributed by atoms with Crippen LogP contribution in [0.25, 0.3) is 0 Å². The predicted octanol–water partition coefficient (Wildman–Crippen LogP) is 4.29. The molecule has 1 atom stereocenters. The van der Waals surface area contributed by atoms with Gasteiger partial charge in [-0.3, -0.25) is 0 Å². The van der Waals surface area contributed by atoms with Gasteiger partial charge in [-0.1, -0.05) is 32.8 Å². The molecule has 0 saturated heterocycles. The monoisotopic (exact) mass is 267 g/mol. The van der Waals surface area contributed by atoms with Crippen molar-refractivity contribution in [3.05, 3.63) is 29.6 Å². The lowest BCUT2D eigenvalue weighted by molar-refractivity contribution is 0.199. The number of nitrogens with zero attached hydrogens (tertiary/aromatic N) is 1. The second-order valence-electron chi connectivity index (χ2n) is 5.08. The molecule has 1 rings (SSSR count). The van der Waals surface area contributed by atoms with Gasteiger partial charge >= 0.3 is 0 Å². The summed E-state index contributed by atoms with van der Waals surface area (Å²) in [6.07, 6.45) is 3.73. The van der Waals surface area contributed by atoms with E-state index in [1.54, 1.807) is 13.0 Å². The van der Waals surface area contributed by atoms with Crippen molar-refractivity contribution in [1.82, 2.24) is 0 Å². The summed E-state index contributed by atoms with van der Waals surface area (Å²) in [5.74, 6) is -0.231. The number of halogens is 1. The van der Waals surface area contributed by atoms with E-state index < -0.39 is 6.10 Å². The maximum absolute atomic E-state index is 14.2. The molecule has 0 aliphatic heterocycles. The lowest BCUT2D eigenvalue weighted by atomic mass is 10.1. The van der Waals surface area contributed by atoms with Crippen molar-refractivity contribution in [2.24, 2.45) is 0 Å². The van der Waals surface area contributed by atoms with E-state index in [-0.39, 0.29) is 5.82 Å². The van der Waals surface area contributed by atoms with Crippen LogP contribution in [0, 0.1) is 5.82 Å². The lowest BCUT2D eigenvalue weighted by Gasteiger charge is -2.25. The smallest absolute Gasteiger partial charge is 0.146 e. The highest BCUT2D eigenvalue weighted by molar-refractivity contribution is 5.49. The molecule has 0 aliphatic rings. The van der Waals surface area contributed by atoms with E-state index in [4.69, 9.17) is 0 Å². The normalized spacial score (nSPS) is 12.5. The lowest BCUT2D eigenvalue weighted by Crippen LogP contribution is -2.26. The largest absolute Gasteiger partial charge is 0.389 e. The number of benzene rings is 1. The molecule has 0 amide bonds. The molecule has 0 radical (unpaired) electrons. The Bertz CT molecular complexity index is 371. The molecule has 1 N–H and O–H groups in total. The molecule has 0 heterocycles. The molecule has 0 aromatic heterocycles. The molecule has 19 heavy (non-hydrogen) atoms. The SMILES string of the molecule is CCCCN(CCCC)c1ccc([C@H](C)O)cc1F. The molecule has 0 saturated carbocycles. The second kappa shape index (κ2) is 8.16. The van der Waals surface area contributed by atoms with Crippen LogP contribution in [0.1, 0.15) is 58.1 Å². The van der Waals surface area contributed by atoms with Crippen LogP contribution in [0.3, 0.4) is 0 Å². The first-order valence-electron chi connectivity index (χ1n) is 7.32. The van der Waals surface area contributed by atoms with Gasteiger partial charge in [0.05, 0.1) is 11.8 Å². The average Bonchev–Trinajstić information content (AvgIpc) is 2.39. The number of hydrogen-bond donors (Lipinski definition) is 1. The Morgan fingerprint density at radius 3 is 2.16 bits per heavy atom. The maximum Gasteiger partial charge on any atom is 0.146 e. The van der Waals surface area contributed by atoms with Crippen molar-refractivity contribution in [2.45, 2.75) is 52.6 Å². The van der Waals surface area contributed by atoms with Gasteiger partial charge < -0.3 is 10.0 Å². The van der Waals surface area contributed by atoms with Crippen LogP contribution in [0.15, 0.2) is 18.2 Å². The highest BCUT2D eigenvalue weighted by Crippen LogP contribution is 2.24. The summed E-state index contributed by atoms with van der Waals surface area (Å²) >= 11 is 0. The van der Waals surface area contributed by atoms with E-state index in [0.717, 1.165) is 38.8 Å². The minimum Gasteiger partial charge on any atom is -0.389 e. The van der Waals surface area contributed by atoms with Crippen LogP contribution >= 0.6 is 0 Å². The van der Waals surface area contributed by atoms with Gasteiger partial charge in [-0.25, -0.2) is 4.39 Å². The first-order chi connectivity index (χ1) is 9.10. The Morgan fingerprint density at radius 1 is 1.16 bits per heavy atom. The van der Waals surface area contributed by atoms with Crippen LogP contribution in [-0.2, 0) is 0 Å². The van der Waals surface area contributed by atoms with Crippen molar-refractivity contribution in [3.63, 3.8) is 0 Å². The predicted molar refractivity (Wildman–Crippen MR) is 79.1 cm³/mol. The maximum atomic E-state index is 14.2. The molecule has 0 aliphatic carbocycles. The molecule has 0 unspecified atom stereocenters. The second-order valence-corrected chi connectivity index (χ2v) is 5.08. The molecule has 3 heteroatoms. The number of unbranched alkanes of at least 4 members (excludes halogenated alkanes) is 2. The number of rotatable bonds is 8. The van der Waals surface area contributed by atoms with Crippen molar-refractivity contribution in [3.8, 4) is 0 Å². The summed E-state index contributed by atoms with van der Waals surface area (Å²) in [4.78, 5) is 2.12. The highest BCUT2D eigenvalue weighted by Gasteiger charge is 2.12. The minimum absolute atomic E-state index is 0.231. The van der Waals surface area contributed by atoms with Crippen LogP contribution in [0.2, 0.25) is 0 Å². The fourth-order valence-electron chi connectivity index (χ4n) is 2.09. The van der Waals surface area contributed by atoms with Gasteiger partial charge in [-0.15, -0.1) is 0 Å². The third kappa shape index (κ3) is 4.83. The average molecular weight is 267 g/mol. The summed E-state index contributed by atoms with van der Waals surface area (Å²) in [7, 11) is 0. The molecule has 0 bridgehead atoms. The number of aliphatic hydroxyl groups excluding tert-OH is 1. The number of anilines is 1. The molecular formula is C16H26FNO. The van der Waals surface area contributed by atoms with Gasteiger partial charge in [0.25, 0.3) is 0 Å². The fraction of sp³-hybridized carbons (Fsp3) is 0.625. The standard InChI is InChI=1S/C16H26FNO/c1-4-6-10-18(11-7-5-2)16-9-8-14(13(3)19)12-15(16)17/h8-9,12-13,19H,4-7,10-11H2,1-3H3/t13-/m0/s1. The van der Waals surface area contributed by atoms with E-state index in [1.165, 1.54) is 6.07 Å². The van der Waals surface area contributed by atoms with Crippen LogP contribution in [-0.4, -0.2) is 18.2 Å². The zero-order valence-corrected chi connectivity index (χ0v) is 12.3. The summed E-state index contributed by atoms with van der Waals surface area (Å²) in [6.45, 7) is 7.72. The zero-order valence-electron chi connectivity index (χ0n) is 12.3. The molecule has 1 aromatic carbocycles. The Morgan fingerprint density at radius 2 is 1.74 bits per heavy atom. The van der Waals surface area contributed by atoms with E-state index in [2.05, 4.69) is 18.7 Å². The first kappa shape index (κ1) is 16.0. The Labute approximate surface area is 116 Å². The van der Waals surface area contributed by atoms with Crippen LogP contribution < -0.4 is 4.90 Å². The third-order valence-corrected chi connectivity index (χ3v) is 3.36.